The van der Waals surface area contributed by atoms with Gasteiger partial charge in [-0.3, -0.25) is 29.5 Å². The van der Waals surface area contributed by atoms with Crippen LogP contribution in [-0.4, -0.2) is 51.7 Å². The van der Waals surface area contributed by atoms with Crippen molar-refractivity contribution in [2.75, 3.05) is 6.54 Å². The molecule has 0 unspecified atom stereocenters. The zero-order valence-electron chi connectivity index (χ0n) is 17.2. The molecule has 4 rings (SSSR count). The van der Waals surface area contributed by atoms with Crippen LogP contribution in [0.4, 0.5) is 4.79 Å². The van der Waals surface area contributed by atoms with Gasteiger partial charge in [0.25, 0.3) is 11.8 Å². The van der Waals surface area contributed by atoms with Gasteiger partial charge in [0.05, 0.1) is 11.8 Å². The zero-order valence-corrected chi connectivity index (χ0v) is 17.2. The third kappa shape index (κ3) is 3.83. The third-order valence-corrected chi connectivity index (χ3v) is 6.15. The van der Waals surface area contributed by atoms with Gasteiger partial charge in [0, 0.05) is 0 Å². The van der Waals surface area contributed by atoms with E-state index >= 15 is 0 Å². The number of likely N-dealkylation sites (tertiary alicyclic amines) is 1. The maximum atomic E-state index is 12.8. The van der Waals surface area contributed by atoms with Gasteiger partial charge in [-0.15, -0.1) is 0 Å². The highest BCUT2D eigenvalue weighted by Gasteiger charge is 2.50. The van der Waals surface area contributed by atoms with E-state index in [0.29, 0.717) is 30.7 Å². The molecule has 0 radical (unpaired) electrons. The molecule has 9 heteroatoms. The number of hydrazine groups is 1. The summed E-state index contributed by atoms with van der Waals surface area (Å²) in [4.78, 5) is 63.6. The Bertz CT molecular complexity index is 949. The van der Waals surface area contributed by atoms with Crippen LogP contribution in [0.5, 0.6) is 0 Å². The largest absolute Gasteiger partial charge is 0.344 e. The van der Waals surface area contributed by atoms with E-state index in [4.69, 9.17) is 0 Å². The molecule has 2 N–H and O–H groups in total. The van der Waals surface area contributed by atoms with Gasteiger partial charge in [-0.05, 0) is 38.2 Å². The van der Waals surface area contributed by atoms with E-state index in [1.807, 2.05) is 42.5 Å². The number of amides is 6. The average Bonchev–Trinajstić information content (AvgIpc) is 3.13. The van der Waals surface area contributed by atoms with E-state index in [9.17, 15) is 24.0 Å². The zero-order chi connectivity index (χ0) is 22.2. The molecule has 2 saturated heterocycles. The van der Waals surface area contributed by atoms with E-state index in [1.54, 1.807) is 6.92 Å². The molecule has 2 aliphatic heterocycles. The highest BCUT2D eigenvalue weighted by Crippen LogP contribution is 2.34. The fourth-order valence-corrected chi connectivity index (χ4v) is 4.32. The van der Waals surface area contributed by atoms with Gasteiger partial charge < -0.3 is 5.32 Å². The van der Waals surface area contributed by atoms with Crippen molar-refractivity contribution in [2.24, 2.45) is 11.8 Å². The normalized spacial score (nSPS) is 27.5. The lowest BCUT2D eigenvalue weighted by atomic mass is 9.85. The predicted molar refractivity (Wildman–Crippen MR) is 109 cm³/mol. The maximum absolute atomic E-state index is 12.8. The number of rotatable bonds is 6. The topological polar surface area (TPSA) is 116 Å². The van der Waals surface area contributed by atoms with Crippen LogP contribution in [0.1, 0.15) is 31.7 Å². The molecule has 0 aromatic heterocycles. The van der Waals surface area contributed by atoms with Crippen LogP contribution in [0.2, 0.25) is 0 Å². The number of carbonyl (C=O) groups is 5. The molecule has 3 atom stereocenters. The average molecular weight is 424 g/mol. The van der Waals surface area contributed by atoms with Gasteiger partial charge in [-0.1, -0.05) is 42.5 Å². The Kier molecular flexibility index (Phi) is 5.34. The smallest absolute Gasteiger partial charge is 0.322 e. The van der Waals surface area contributed by atoms with E-state index in [-0.39, 0.29) is 11.8 Å². The number of hydrogen-bond acceptors (Lipinski definition) is 5. The third-order valence-electron chi connectivity index (χ3n) is 6.15. The summed E-state index contributed by atoms with van der Waals surface area (Å²) in [5, 5.41) is 3.26. The summed E-state index contributed by atoms with van der Waals surface area (Å²) in [6.45, 7) is 1.08. The Labute approximate surface area is 179 Å². The SMILES string of the molecule is C[C@]1(CCc2ccccc2)NC(=O)N(NC(=O)CN2C(=O)[C@H]3CC=CC[C@H]3C2=O)C1=O. The Morgan fingerprint density at radius 3 is 2.29 bits per heavy atom. The summed E-state index contributed by atoms with van der Waals surface area (Å²) in [5.41, 5.74) is 2.11. The van der Waals surface area contributed by atoms with Gasteiger partial charge in [-0.25, -0.2) is 4.79 Å². The van der Waals surface area contributed by atoms with Crippen LogP contribution in [0, 0.1) is 11.8 Å². The first-order valence-electron chi connectivity index (χ1n) is 10.3. The summed E-state index contributed by atoms with van der Waals surface area (Å²) in [7, 11) is 0. The van der Waals surface area contributed by atoms with Gasteiger partial charge in [0.2, 0.25) is 11.8 Å². The van der Waals surface area contributed by atoms with E-state index in [1.165, 1.54) is 0 Å². The second-order valence-corrected chi connectivity index (χ2v) is 8.34. The van der Waals surface area contributed by atoms with Crippen LogP contribution in [-0.2, 0) is 25.6 Å². The van der Waals surface area contributed by atoms with E-state index in [2.05, 4.69) is 10.7 Å². The van der Waals surface area contributed by atoms with Crippen LogP contribution < -0.4 is 10.7 Å². The molecule has 0 spiro atoms. The van der Waals surface area contributed by atoms with Crippen molar-refractivity contribution in [3.63, 3.8) is 0 Å². The number of hydrogen-bond donors (Lipinski definition) is 2. The van der Waals surface area contributed by atoms with Crippen molar-refractivity contribution in [2.45, 2.75) is 38.1 Å². The molecule has 9 nitrogen and oxygen atoms in total. The minimum absolute atomic E-state index is 0.355. The van der Waals surface area contributed by atoms with Crippen molar-refractivity contribution in [1.82, 2.24) is 20.7 Å². The molecule has 0 saturated carbocycles. The van der Waals surface area contributed by atoms with Crippen LogP contribution in [0.15, 0.2) is 42.5 Å². The summed E-state index contributed by atoms with van der Waals surface area (Å²) in [6.07, 6.45) is 5.59. The molecule has 6 amide bonds. The first kappa shape index (κ1) is 20.8. The second-order valence-electron chi connectivity index (χ2n) is 8.34. The number of aryl methyl sites for hydroxylation is 1. The second kappa shape index (κ2) is 7.98. The van der Waals surface area contributed by atoms with Gasteiger partial charge in [0.1, 0.15) is 12.1 Å². The number of benzene rings is 1. The summed E-state index contributed by atoms with van der Waals surface area (Å²) < 4.78 is 0. The van der Waals surface area contributed by atoms with Crippen molar-refractivity contribution in [1.29, 1.82) is 0 Å². The minimum Gasteiger partial charge on any atom is -0.322 e. The summed E-state index contributed by atoms with van der Waals surface area (Å²) in [5.74, 6) is -3.02. The quantitative estimate of drug-likeness (QED) is 0.400. The van der Waals surface area contributed by atoms with Crippen LogP contribution in [0.3, 0.4) is 0 Å². The fourth-order valence-electron chi connectivity index (χ4n) is 4.32. The lowest BCUT2D eigenvalue weighted by Crippen LogP contribution is -2.52. The Balaban J connectivity index is 1.37. The van der Waals surface area contributed by atoms with E-state index < -0.39 is 41.8 Å². The van der Waals surface area contributed by atoms with Crippen LogP contribution >= 0.6 is 0 Å². The lowest BCUT2D eigenvalue weighted by Gasteiger charge is -2.22. The Morgan fingerprint density at radius 1 is 1.06 bits per heavy atom. The summed E-state index contributed by atoms with van der Waals surface area (Å²) >= 11 is 0. The molecule has 2 fully saturated rings. The van der Waals surface area contributed by atoms with Crippen molar-refractivity contribution in [3.8, 4) is 0 Å². The number of nitrogens with one attached hydrogen (secondary N) is 2. The number of fused-ring (bicyclic) bond motifs is 1. The van der Waals surface area contributed by atoms with Gasteiger partial charge >= 0.3 is 6.03 Å². The monoisotopic (exact) mass is 424 g/mol. The first-order valence-corrected chi connectivity index (χ1v) is 10.3. The highest BCUT2D eigenvalue weighted by molar-refractivity contribution is 6.09. The van der Waals surface area contributed by atoms with Crippen LogP contribution in [0.25, 0.3) is 0 Å². The minimum atomic E-state index is -1.17. The molecule has 162 valence electrons. The highest BCUT2D eigenvalue weighted by atomic mass is 16.2. The predicted octanol–water partition coefficient (Wildman–Crippen LogP) is 0.912. The lowest BCUT2D eigenvalue weighted by molar-refractivity contribution is -0.145. The fraction of sp³-hybridized carbons (Fsp3) is 0.409. The summed E-state index contributed by atoms with van der Waals surface area (Å²) in [6, 6.07) is 8.80. The number of carbonyl (C=O) groups excluding carboxylic acids is 5. The molecule has 2 heterocycles. The van der Waals surface area contributed by atoms with Gasteiger partial charge in [-0.2, -0.15) is 5.01 Å². The van der Waals surface area contributed by atoms with Gasteiger partial charge in [0.15, 0.2) is 0 Å². The molecule has 1 aliphatic carbocycles. The van der Waals surface area contributed by atoms with E-state index in [0.717, 1.165) is 10.5 Å². The number of allylic oxidation sites excluding steroid dienone is 2. The molecular formula is C22H24N4O5. The molecular weight excluding hydrogens is 400 g/mol. The number of nitrogens with zero attached hydrogens (tertiary/aromatic N) is 2. The number of imide groups is 2. The maximum Gasteiger partial charge on any atom is 0.344 e. The van der Waals surface area contributed by atoms with Crippen molar-refractivity contribution < 1.29 is 24.0 Å². The van der Waals surface area contributed by atoms with Crippen molar-refractivity contribution >= 4 is 29.7 Å². The molecule has 31 heavy (non-hydrogen) atoms. The Hall–Kier alpha value is -3.49. The standard InChI is InChI=1S/C22H24N4O5/c1-22(12-11-14-7-3-2-4-8-14)20(30)26(21(31)23-22)24-17(27)13-25-18(28)15-9-5-6-10-16(15)19(25)29/h2-8,15-16H,9-13H2,1H3,(H,23,31)(H,24,27)/t15-,16+,22-/m1/s1. The molecule has 1 aromatic rings. The molecule has 1 aromatic carbocycles. The molecule has 3 aliphatic rings. The number of urea groups is 1. The molecule has 0 bridgehead atoms. The van der Waals surface area contributed by atoms with Crippen molar-refractivity contribution in [3.05, 3.63) is 48.0 Å². The first-order chi connectivity index (χ1) is 14.8. The Morgan fingerprint density at radius 2 is 1.68 bits per heavy atom.